The van der Waals surface area contributed by atoms with Crippen molar-refractivity contribution in [2.24, 2.45) is 0 Å². The van der Waals surface area contributed by atoms with Crippen LogP contribution in [0.15, 0.2) is 36.4 Å². The number of aliphatic hydroxyl groups is 1. The van der Waals surface area contributed by atoms with Crippen molar-refractivity contribution in [1.29, 1.82) is 0 Å². The van der Waals surface area contributed by atoms with E-state index in [-0.39, 0.29) is 28.1 Å². The molecule has 0 fully saturated rings. The molecule has 0 atom stereocenters. The minimum Gasteiger partial charge on any atom is -0.478 e. The van der Waals surface area contributed by atoms with Crippen LogP contribution in [0, 0.1) is 20.2 Å². The fraction of sp³-hybridized carbons (Fsp3) is 0.300. The predicted octanol–water partition coefficient (Wildman–Crippen LogP) is 5.03. The van der Waals surface area contributed by atoms with Gasteiger partial charge in [0.25, 0.3) is 11.4 Å². The van der Waals surface area contributed by atoms with E-state index in [1.165, 1.54) is 24.3 Å². The maximum atomic E-state index is 10.5. The van der Waals surface area contributed by atoms with Crippen molar-refractivity contribution < 1.29 is 34.8 Å². The maximum absolute atomic E-state index is 10.5. The maximum Gasteiger partial charge on any atom is 0.335 e. The minimum absolute atomic E-state index is 0.0820. The molecule has 0 amide bonds. The number of hydrogen-bond acceptors (Lipinski definition) is 7. The van der Waals surface area contributed by atoms with Crippen LogP contribution >= 0.6 is 15.9 Å². The number of nitro benzene ring substituents is 2. The predicted molar refractivity (Wildman–Crippen MR) is 121 cm³/mol. The molecule has 2 rings (SSSR count). The Morgan fingerprint density at radius 2 is 1.16 bits per heavy atom. The first-order valence-electron chi connectivity index (χ1n) is 9.30. The van der Waals surface area contributed by atoms with Gasteiger partial charge in [0, 0.05) is 23.0 Å². The molecule has 11 nitrogen and oxygen atoms in total. The number of carbonyl (C=O) groups is 2. The number of nitrogens with zero attached hydrogens (tertiary/aromatic N) is 2. The summed E-state index contributed by atoms with van der Waals surface area (Å²) in [6.07, 6.45) is 0. The van der Waals surface area contributed by atoms with E-state index >= 15 is 0 Å². The molecule has 176 valence electrons. The lowest BCUT2D eigenvalue weighted by molar-refractivity contribution is -0.385. The fourth-order valence-electron chi connectivity index (χ4n) is 1.98. The van der Waals surface area contributed by atoms with Gasteiger partial charge in [0.2, 0.25) is 0 Å². The first-order chi connectivity index (χ1) is 15.1. The molecular weight excluding hydrogens is 492 g/mol. The van der Waals surface area contributed by atoms with Gasteiger partial charge in [0.05, 0.1) is 33.1 Å². The van der Waals surface area contributed by atoms with Gasteiger partial charge in [-0.1, -0.05) is 49.7 Å². The van der Waals surface area contributed by atoms with Crippen molar-refractivity contribution in [2.45, 2.75) is 39.6 Å². The highest BCUT2D eigenvalue weighted by molar-refractivity contribution is 9.08. The summed E-state index contributed by atoms with van der Waals surface area (Å²) in [5.41, 5.74) is -0.260. The van der Waals surface area contributed by atoms with E-state index in [9.17, 15) is 29.8 Å². The van der Waals surface area contributed by atoms with Crippen LogP contribution in [0.3, 0.4) is 0 Å². The molecule has 0 unspecified atom stereocenters. The van der Waals surface area contributed by atoms with Crippen LogP contribution in [-0.2, 0) is 11.9 Å². The average molecular weight is 517 g/mol. The number of rotatable bonds is 6. The third-order valence-electron chi connectivity index (χ3n) is 3.37. The molecular formula is C20H25BrN2O9. The second-order valence-corrected chi connectivity index (χ2v) is 5.66. The first kappa shape index (κ1) is 30.8. The number of benzene rings is 2. The molecule has 0 aliphatic heterocycles. The molecule has 0 saturated carbocycles. The summed E-state index contributed by atoms with van der Waals surface area (Å²) >= 11 is 3.09. The molecule has 3 N–H and O–H groups in total. The third-order valence-corrected chi connectivity index (χ3v) is 3.98. The molecule has 2 aromatic rings. The molecule has 0 radical (unpaired) electrons. The van der Waals surface area contributed by atoms with E-state index in [2.05, 4.69) is 15.9 Å². The van der Waals surface area contributed by atoms with Crippen LogP contribution in [0.4, 0.5) is 11.4 Å². The number of hydrogen-bond donors (Lipinski definition) is 3. The SMILES string of the molecule is CC.CC.O=C(O)c1ccc(CBr)c([N+](=O)[O-])c1.O=C(O)c1ccc(CO)c([N+](=O)[O-])c1. The van der Waals surface area contributed by atoms with E-state index in [0.29, 0.717) is 10.9 Å². The lowest BCUT2D eigenvalue weighted by Crippen LogP contribution is -2.01. The second kappa shape index (κ2) is 16.3. The Labute approximate surface area is 192 Å². The molecule has 0 spiro atoms. The molecule has 0 aliphatic rings. The quantitative estimate of drug-likeness (QED) is 0.269. The number of aliphatic hydroxyl groups excluding tert-OH is 1. The average Bonchev–Trinajstić information content (AvgIpc) is 2.80. The number of halogens is 1. The van der Waals surface area contributed by atoms with Gasteiger partial charge in [-0.15, -0.1) is 0 Å². The van der Waals surface area contributed by atoms with Crippen LogP contribution in [-0.4, -0.2) is 37.1 Å². The van der Waals surface area contributed by atoms with E-state index in [0.717, 1.165) is 12.1 Å². The zero-order valence-electron chi connectivity index (χ0n) is 17.9. The van der Waals surface area contributed by atoms with Crippen LogP contribution in [0.1, 0.15) is 59.5 Å². The molecule has 2 aromatic carbocycles. The Hall–Kier alpha value is -3.38. The monoisotopic (exact) mass is 516 g/mol. The van der Waals surface area contributed by atoms with Crippen LogP contribution in [0.25, 0.3) is 0 Å². The molecule has 0 bridgehead atoms. The highest BCUT2D eigenvalue weighted by Gasteiger charge is 2.16. The first-order valence-corrected chi connectivity index (χ1v) is 10.4. The van der Waals surface area contributed by atoms with Gasteiger partial charge in [0.1, 0.15) is 0 Å². The summed E-state index contributed by atoms with van der Waals surface area (Å²) in [7, 11) is 0. The number of carboxylic acid groups (broad SMARTS) is 2. The number of aromatic carboxylic acids is 2. The Morgan fingerprint density at radius 3 is 1.44 bits per heavy atom. The molecule has 0 saturated heterocycles. The van der Waals surface area contributed by atoms with Crippen LogP contribution < -0.4 is 0 Å². The van der Waals surface area contributed by atoms with Crippen molar-refractivity contribution in [3.8, 4) is 0 Å². The van der Waals surface area contributed by atoms with Crippen molar-refractivity contribution in [3.63, 3.8) is 0 Å². The molecule has 0 heterocycles. The van der Waals surface area contributed by atoms with Gasteiger partial charge in [-0.2, -0.15) is 0 Å². The second-order valence-electron chi connectivity index (χ2n) is 5.10. The van der Waals surface area contributed by atoms with E-state index in [4.69, 9.17) is 15.3 Å². The summed E-state index contributed by atoms with van der Waals surface area (Å²) in [6, 6.07) is 7.18. The third kappa shape index (κ3) is 9.62. The van der Waals surface area contributed by atoms with Gasteiger partial charge >= 0.3 is 11.9 Å². The normalized spacial score (nSPS) is 8.94. The molecule has 12 heteroatoms. The van der Waals surface area contributed by atoms with Gasteiger partial charge in [-0.05, 0) is 18.2 Å². The van der Waals surface area contributed by atoms with Crippen molar-refractivity contribution in [1.82, 2.24) is 0 Å². The smallest absolute Gasteiger partial charge is 0.335 e. The largest absolute Gasteiger partial charge is 0.478 e. The Balaban J connectivity index is 0. The molecule has 0 aromatic heterocycles. The lowest BCUT2D eigenvalue weighted by atomic mass is 10.1. The van der Waals surface area contributed by atoms with Gasteiger partial charge in [-0.25, -0.2) is 9.59 Å². The fourth-order valence-corrected chi connectivity index (χ4v) is 2.45. The lowest BCUT2D eigenvalue weighted by Gasteiger charge is -2.00. The van der Waals surface area contributed by atoms with E-state index in [1.54, 1.807) is 0 Å². The summed E-state index contributed by atoms with van der Waals surface area (Å²) in [5.74, 6) is -2.41. The standard InChI is InChI=1S/C8H6BrNO4.C8H7NO5.2C2H6/c9-4-6-2-1-5(8(11)12)3-7(6)10(13)14;10-4-6-2-1-5(8(11)12)3-7(6)9(13)14;2*1-2/h1-3H,4H2,(H,11,12);1-3,10H,4H2,(H,11,12);2*1-2H3. The Kier molecular flexibility index (Phi) is 15.7. The van der Waals surface area contributed by atoms with Crippen molar-refractivity contribution in [3.05, 3.63) is 78.9 Å². The number of carboxylic acids is 2. The number of nitro groups is 2. The topological polar surface area (TPSA) is 181 Å². The zero-order chi connectivity index (χ0) is 25.4. The minimum atomic E-state index is -1.24. The van der Waals surface area contributed by atoms with E-state index in [1.807, 2.05) is 27.7 Å². The Bertz CT molecular complexity index is 858. The zero-order valence-corrected chi connectivity index (χ0v) is 19.5. The summed E-state index contributed by atoms with van der Waals surface area (Å²) < 4.78 is 0. The highest BCUT2D eigenvalue weighted by Crippen LogP contribution is 2.22. The van der Waals surface area contributed by atoms with Gasteiger partial charge in [-0.3, -0.25) is 20.2 Å². The number of alkyl halides is 1. The van der Waals surface area contributed by atoms with E-state index < -0.39 is 28.4 Å². The van der Waals surface area contributed by atoms with Crippen molar-refractivity contribution in [2.75, 3.05) is 0 Å². The van der Waals surface area contributed by atoms with Crippen LogP contribution in [0.5, 0.6) is 0 Å². The van der Waals surface area contributed by atoms with Gasteiger partial charge < -0.3 is 15.3 Å². The summed E-state index contributed by atoms with van der Waals surface area (Å²) in [4.78, 5) is 40.7. The summed E-state index contributed by atoms with van der Waals surface area (Å²) in [6.45, 7) is 7.51. The highest BCUT2D eigenvalue weighted by atomic mass is 79.9. The Morgan fingerprint density at radius 1 is 0.812 bits per heavy atom. The van der Waals surface area contributed by atoms with Gasteiger partial charge in [0.15, 0.2) is 0 Å². The molecule has 32 heavy (non-hydrogen) atoms. The van der Waals surface area contributed by atoms with Crippen LogP contribution in [0.2, 0.25) is 0 Å². The summed E-state index contributed by atoms with van der Waals surface area (Å²) in [5, 5.41) is 47.3. The van der Waals surface area contributed by atoms with Crippen molar-refractivity contribution >= 4 is 39.2 Å². The molecule has 0 aliphatic carbocycles.